The van der Waals surface area contributed by atoms with Crippen LogP contribution in [0, 0.1) is 0 Å². The average Bonchev–Trinajstić information content (AvgIpc) is 2.66. The number of fused-ring (bicyclic) bond motifs is 1. The number of hydrogen-bond donors (Lipinski definition) is 0. The number of sulfonamides is 1. The van der Waals surface area contributed by atoms with E-state index >= 15 is 0 Å². The van der Waals surface area contributed by atoms with Crippen LogP contribution in [0.1, 0.15) is 5.56 Å². The van der Waals surface area contributed by atoms with Crippen LogP contribution in [0.5, 0.6) is 0 Å². The first-order chi connectivity index (χ1) is 10.1. The summed E-state index contributed by atoms with van der Waals surface area (Å²) in [5.41, 5.74) is 1.77. The van der Waals surface area contributed by atoms with E-state index in [4.69, 9.17) is 0 Å². The molecule has 0 bridgehead atoms. The number of aromatic nitrogens is 1. The summed E-state index contributed by atoms with van der Waals surface area (Å²) in [5, 5.41) is 0. The fourth-order valence-electron chi connectivity index (χ4n) is 2.52. The van der Waals surface area contributed by atoms with Crippen molar-refractivity contribution in [1.82, 2.24) is 9.88 Å². The molecule has 0 atom stereocenters. The molecule has 6 heteroatoms. The van der Waals surface area contributed by atoms with E-state index in [1.54, 1.807) is 18.3 Å². The van der Waals surface area contributed by atoms with Gasteiger partial charge in [-0.15, -0.1) is 0 Å². The van der Waals surface area contributed by atoms with Crippen molar-refractivity contribution < 1.29 is 8.42 Å². The molecule has 2 aromatic rings. The number of rotatable bonds is 2. The Bertz CT molecular complexity index is 732. The summed E-state index contributed by atoms with van der Waals surface area (Å²) >= 11 is 0. The van der Waals surface area contributed by atoms with Gasteiger partial charge in [0.1, 0.15) is 4.90 Å². The van der Waals surface area contributed by atoms with Gasteiger partial charge < -0.3 is 4.90 Å². The lowest BCUT2D eigenvalue weighted by molar-refractivity contribution is 0.344. The highest BCUT2D eigenvalue weighted by molar-refractivity contribution is 7.92. The molecule has 1 aliphatic rings. The molecule has 110 valence electrons. The van der Waals surface area contributed by atoms with Gasteiger partial charge in [-0.3, -0.25) is 9.29 Å². The topological polar surface area (TPSA) is 53.5 Å². The van der Waals surface area contributed by atoms with Crippen molar-refractivity contribution in [2.75, 3.05) is 24.4 Å². The molecule has 21 heavy (non-hydrogen) atoms. The summed E-state index contributed by atoms with van der Waals surface area (Å²) in [6, 6.07) is 10.9. The second kappa shape index (κ2) is 5.46. The van der Waals surface area contributed by atoms with Gasteiger partial charge in [0.25, 0.3) is 10.0 Å². The molecular weight excluding hydrogens is 286 g/mol. The van der Waals surface area contributed by atoms with E-state index in [9.17, 15) is 8.42 Å². The minimum atomic E-state index is -3.58. The van der Waals surface area contributed by atoms with Crippen LogP contribution >= 0.6 is 0 Å². The van der Waals surface area contributed by atoms with E-state index in [1.165, 1.54) is 10.5 Å². The molecule has 1 aromatic heterocycles. The van der Waals surface area contributed by atoms with Crippen LogP contribution in [0.15, 0.2) is 53.7 Å². The molecule has 0 saturated heterocycles. The molecule has 2 heterocycles. The van der Waals surface area contributed by atoms with Gasteiger partial charge in [0.2, 0.25) is 0 Å². The molecule has 3 rings (SSSR count). The summed E-state index contributed by atoms with van der Waals surface area (Å²) in [4.78, 5) is 6.27. The van der Waals surface area contributed by atoms with Crippen LogP contribution in [-0.2, 0) is 16.6 Å². The number of benzene rings is 1. The highest BCUT2D eigenvalue weighted by Gasteiger charge is 2.28. The third-order valence-corrected chi connectivity index (χ3v) is 5.40. The third-order valence-electron chi connectivity index (χ3n) is 3.61. The number of nitrogens with zero attached hydrogens (tertiary/aromatic N) is 3. The molecule has 0 N–H and O–H groups in total. The van der Waals surface area contributed by atoms with Crippen molar-refractivity contribution in [3.05, 3.63) is 54.4 Å². The Morgan fingerprint density at radius 1 is 1.10 bits per heavy atom. The van der Waals surface area contributed by atoms with Crippen LogP contribution in [0.4, 0.5) is 5.69 Å². The quantitative estimate of drug-likeness (QED) is 0.848. The van der Waals surface area contributed by atoms with Crippen LogP contribution in [0.3, 0.4) is 0 Å². The SMILES string of the molecule is CN1CCN(S(=O)(=O)c2cccnc2)c2ccccc2C1. The van der Waals surface area contributed by atoms with Crippen LogP contribution in [-0.4, -0.2) is 38.4 Å². The molecule has 0 radical (unpaired) electrons. The summed E-state index contributed by atoms with van der Waals surface area (Å²) in [5.74, 6) is 0. The predicted molar refractivity (Wildman–Crippen MR) is 81.5 cm³/mol. The first kappa shape index (κ1) is 14.0. The second-order valence-corrected chi connectivity index (χ2v) is 6.99. The van der Waals surface area contributed by atoms with E-state index in [0.29, 0.717) is 13.1 Å². The summed E-state index contributed by atoms with van der Waals surface area (Å²) in [7, 11) is -1.58. The minimum Gasteiger partial charge on any atom is -0.300 e. The normalized spacial score (nSPS) is 16.3. The lowest BCUT2D eigenvalue weighted by Gasteiger charge is -2.24. The zero-order valence-corrected chi connectivity index (χ0v) is 12.6. The van der Waals surface area contributed by atoms with Gasteiger partial charge in [-0.1, -0.05) is 18.2 Å². The number of anilines is 1. The smallest absolute Gasteiger partial charge is 0.265 e. The van der Waals surface area contributed by atoms with Gasteiger partial charge in [-0.05, 0) is 30.8 Å². The fourth-order valence-corrected chi connectivity index (χ4v) is 3.97. The zero-order valence-electron chi connectivity index (χ0n) is 11.8. The number of hydrogen-bond acceptors (Lipinski definition) is 4. The number of pyridine rings is 1. The van der Waals surface area contributed by atoms with Crippen LogP contribution < -0.4 is 4.31 Å². The van der Waals surface area contributed by atoms with Crippen molar-refractivity contribution in [3.8, 4) is 0 Å². The number of para-hydroxylation sites is 1. The molecule has 5 nitrogen and oxygen atoms in total. The van der Waals surface area contributed by atoms with Crippen molar-refractivity contribution in [2.24, 2.45) is 0 Å². The van der Waals surface area contributed by atoms with E-state index in [0.717, 1.165) is 17.8 Å². The molecular formula is C15H17N3O2S. The first-order valence-corrected chi connectivity index (χ1v) is 8.22. The molecule has 0 saturated carbocycles. The Morgan fingerprint density at radius 2 is 1.90 bits per heavy atom. The van der Waals surface area contributed by atoms with Gasteiger partial charge in [-0.25, -0.2) is 8.42 Å². The van der Waals surface area contributed by atoms with Gasteiger partial charge >= 0.3 is 0 Å². The highest BCUT2D eigenvalue weighted by Crippen LogP contribution is 2.29. The van der Waals surface area contributed by atoms with Crippen molar-refractivity contribution in [3.63, 3.8) is 0 Å². The van der Waals surface area contributed by atoms with Crippen LogP contribution in [0.2, 0.25) is 0 Å². The largest absolute Gasteiger partial charge is 0.300 e. The lowest BCUT2D eigenvalue weighted by Crippen LogP contribution is -2.35. The highest BCUT2D eigenvalue weighted by atomic mass is 32.2. The number of likely N-dealkylation sites (N-methyl/N-ethyl adjacent to an activating group) is 1. The Balaban J connectivity index is 2.10. The summed E-state index contributed by atoms with van der Waals surface area (Å²) in [6.45, 7) is 1.87. The monoisotopic (exact) mass is 303 g/mol. The maximum atomic E-state index is 12.9. The average molecular weight is 303 g/mol. The molecule has 0 spiro atoms. The Morgan fingerprint density at radius 3 is 2.67 bits per heavy atom. The molecule has 0 unspecified atom stereocenters. The maximum Gasteiger partial charge on any atom is 0.265 e. The summed E-state index contributed by atoms with van der Waals surface area (Å²) < 4.78 is 27.2. The predicted octanol–water partition coefficient (Wildman–Crippen LogP) is 1.72. The van der Waals surface area contributed by atoms with Gasteiger partial charge in [0, 0.05) is 32.0 Å². The maximum absolute atomic E-state index is 12.9. The van der Waals surface area contributed by atoms with Crippen LogP contribution in [0.25, 0.3) is 0 Å². The molecule has 0 fully saturated rings. The first-order valence-electron chi connectivity index (χ1n) is 6.78. The minimum absolute atomic E-state index is 0.226. The van der Waals surface area contributed by atoms with Gasteiger partial charge in [-0.2, -0.15) is 0 Å². The lowest BCUT2D eigenvalue weighted by atomic mass is 10.2. The van der Waals surface area contributed by atoms with Crippen molar-refractivity contribution in [1.29, 1.82) is 0 Å². The second-order valence-electron chi connectivity index (χ2n) is 5.13. The Kier molecular flexibility index (Phi) is 3.65. The fraction of sp³-hybridized carbons (Fsp3) is 0.267. The molecule has 0 aliphatic carbocycles. The van der Waals surface area contributed by atoms with Crippen molar-refractivity contribution >= 4 is 15.7 Å². The van der Waals surface area contributed by atoms with Crippen molar-refractivity contribution in [2.45, 2.75) is 11.4 Å². The summed E-state index contributed by atoms with van der Waals surface area (Å²) in [6.07, 6.45) is 2.97. The van der Waals surface area contributed by atoms with E-state index in [2.05, 4.69) is 9.88 Å². The van der Waals surface area contributed by atoms with E-state index in [-0.39, 0.29) is 4.90 Å². The Labute approximate surface area is 124 Å². The standard InChI is InChI=1S/C15H17N3O2S/c1-17-9-10-18(15-7-3-2-5-13(15)12-17)21(19,20)14-6-4-8-16-11-14/h2-8,11H,9-10,12H2,1H3. The van der Waals surface area contributed by atoms with E-state index in [1.807, 2.05) is 31.3 Å². The molecule has 0 amide bonds. The van der Waals surface area contributed by atoms with Gasteiger partial charge in [0.15, 0.2) is 0 Å². The molecule has 1 aliphatic heterocycles. The Hall–Kier alpha value is -1.92. The van der Waals surface area contributed by atoms with E-state index < -0.39 is 10.0 Å². The zero-order chi connectivity index (χ0) is 14.9. The third kappa shape index (κ3) is 2.64. The molecule has 1 aromatic carbocycles. The van der Waals surface area contributed by atoms with Gasteiger partial charge in [0.05, 0.1) is 5.69 Å².